The van der Waals surface area contributed by atoms with Gasteiger partial charge in [0.15, 0.2) is 18.1 Å². The topological polar surface area (TPSA) is 64.8 Å². The second kappa shape index (κ2) is 8.74. The smallest absolute Gasteiger partial charge is 0.260 e. The molecule has 1 unspecified atom stereocenters. The summed E-state index contributed by atoms with van der Waals surface area (Å²) < 4.78 is 11.0. The Bertz CT molecular complexity index is 456. The van der Waals surface area contributed by atoms with Crippen molar-refractivity contribution in [2.24, 2.45) is 11.7 Å². The molecule has 2 N–H and O–H groups in total. The van der Waals surface area contributed by atoms with Crippen molar-refractivity contribution in [3.05, 3.63) is 24.3 Å². The third-order valence-electron chi connectivity index (χ3n) is 3.47. The van der Waals surface area contributed by atoms with Crippen molar-refractivity contribution in [1.82, 2.24) is 4.90 Å². The quantitative estimate of drug-likeness (QED) is 0.868. The first-order chi connectivity index (χ1) is 9.74. The predicted octanol–water partition coefficient (Wildman–Crippen LogP) is 1.69. The molecule has 0 bridgehead atoms. The van der Waals surface area contributed by atoms with E-state index in [2.05, 4.69) is 0 Å². The number of likely N-dealkylation sites (tertiary alicyclic amines) is 1. The van der Waals surface area contributed by atoms with Crippen LogP contribution in [0.4, 0.5) is 0 Å². The molecule has 0 saturated carbocycles. The molecule has 0 spiro atoms. The molecule has 1 amide bonds. The van der Waals surface area contributed by atoms with Crippen molar-refractivity contribution in [3.8, 4) is 11.5 Å². The zero-order valence-electron chi connectivity index (χ0n) is 12.3. The van der Waals surface area contributed by atoms with Gasteiger partial charge in [0, 0.05) is 13.1 Å². The first kappa shape index (κ1) is 17.6. The lowest BCUT2D eigenvalue weighted by molar-refractivity contribution is -0.132. The van der Waals surface area contributed by atoms with Crippen LogP contribution in [0.5, 0.6) is 11.5 Å². The van der Waals surface area contributed by atoms with Crippen LogP contribution in [-0.2, 0) is 4.79 Å². The SMILES string of the molecule is CCOc1ccccc1OCC(=O)N1CCC(CN)C1.Cl. The number of nitrogens with zero attached hydrogens (tertiary/aromatic N) is 1. The number of carbonyl (C=O) groups is 1. The minimum atomic E-state index is 0. The van der Waals surface area contributed by atoms with Crippen LogP contribution >= 0.6 is 12.4 Å². The molecule has 1 aromatic carbocycles. The van der Waals surface area contributed by atoms with Gasteiger partial charge in [0.1, 0.15) is 0 Å². The van der Waals surface area contributed by atoms with Gasteiger partial charge in [-0.05, 0) is 37.9 Å². The van der Waals surface area contributed by atoms with Gasteiger partial charge in [-0.1, -0.05) is 12.1 Å². The Labute approximate surface area is 131 Å². The number of para-hydroxylation sites is 2. The van der Waals surface area contributed by atoms with Gasteiger partial charge in [-0.2, -0.15) is 0 Å². The van der Waals surface area contributed by atoms with Crippen LogP contribution in [0.15, 0.2) is 24.3 Å². The van der Waals surface area contributed by atoms with Crippen molar-refractivity contribution in [2.75, 3.05) is 32.8 Å². The van der Waals surface area contributed by atoms with E-state index in [4.69, 9.17) is 15.2 Å². The maximum atomic E-state index is 12.1. The molecule has 1 saturated heterocycles. The highest BCUT2D eigenvalue weighted by atomic mass is 35.5. The van der Waals surface area contributed by atoms with Gasteiger partial charge < -0.3 is 20.1 Å². The van der Waals surface area contributed by atoms with Gasteiger partial charge >= 0.3 is 0 Å². The van der Waals surface area contributed by atoms with Gasteiger partial charge in [-0.15, -0.1) is 12.4 Å². The van der Waals surface area contributed by atoms with Crippen LogP contribution in [0.3, 0.4) is 0 Å². The average molecular weight is 315 g/mol. The molecule has 21 heavy (non-hydrogen) atoms. The number of hydrogen-bond acceptors (Lipinski definition) is 4. The number of benzene rings is 1. The molecule has 0 aliphatic carbocycles. The van der Waals surface area contributed by atoms with Crippen LogP contribution in [0.2, 0.25) is 0 Å². The summed E-state index contributed by atoms with van der Waals surface area (Å²) in [4.78, 5) is 13.9. The van der Waals surface area contributed by atoms with E-state index < -0.39 is 0 Å². The number of halogens is 1. The predicted molar refractivity (Wildman–Crippen MR) is 84.1 cm³/mol. The summed E-state index contributed by atoms with van der Waals surface area (Å²) in [6, 6.07) is 7.39. The second-order valence-electron chi connectivity index (χ2n) is 4.90. The Morgan fingerprint density at radius 2 is 2.00 bits per heavy atom. The minimum Gasteiger partial charge on any atom is -0.490 e. The Kier molecular flexibility index (Phi) is 7.32. The molecule has 1 aliphatic heterocycles. The highest BCUT2D eigenvalue weighted by Gasteiger charge is 2.25. The standard InChI is InChI=1S/C15H22N2O3.ClH/c1-2-19-13-5-3-4-6-14(13)20-11-15(18)17-8-7-12(9-16)10-17;/h3-6,12H,2,7-11,16H2,1H3;1H. The summed E-state index contributed by atoms with van der Waals surface area (Å²) in [7, 11) is 0. The molecule has 2 rings (SSSR count). The Balaban J connectivity index is 0.00000220. The minimum absolute atomic E-state index is 0. The van der Waals surface area contributed by atoms with E-state index in [0.29, 0.717) is 30.6 Å². The Hall–Kier alpha value is -1.46. The fraction of sp³-hybridized carbons (Fsp3) is 0.533. The number of carbonyl (C=O) groups excluding carboxylic acids is 1. The molecule has 0 aromatic heterocycles. The number of nitrogens with two attached hydrogens (primary N) is 1. The van der Waals surface area contributed by atoms with Crippen molar-refractivity contribution in [2.45, 2.75) is 13.3 Å². The molecule has 1 atom stereocenters. The molecule has 6 heteroatoms. The summed E-state index contributed by atoms with van der Waals surface area (Å²) >= 11 is 0. The van der Waals surface area contributed by atoms with E-state index in [1.165, 1.54) is 0 Å². The van der Waals surface area contributed by atoms with Crippen molar-refractivity contribution >= 4 is 18.3 Å². The second-order valence-corrected chi connectivity index (χ2v) is 4.90. The maximum Gasteiger partial charge on any atom is 0.260 e. The normalized spacial score (nSPS) is 17.2. The lowest BCUT2D eigenvalue weighted by Gasteiger charge is -2.17. The Morgan fingerprint density at radius 1 is 1.33 bits per heavy atom. The molecule has 1 heterocycles. The van der Waals surface area contributed by atoms with Gasteiger partial charge in [0.2, 0.25) is 0 Å². The third-order valence-corrected chi connectivity index (χ3v) is 3.47. The average Bonchev–Trinajstić information content (AvgIpc) is 2.95. The van der Waals surface area contributed by atoms with E-state index in [9.17, 15) is 4.79 Å². The lowest BCUT2D eigenvalue weighted by Crippen LogP contribution is -2.33. The lowest BCUT2D eigenvalue weighted by atomic mass is 10.1. The van der Waals surface area contributed by atoms with Crippen LogP contribution in [0.25, 0.3) is 0 Å². The highest BCUT2D eigenvalue weighted by molar-refractivity contribution is 5.85. The fourth-order valence-electron chi connectivity index (χ4n) is 2.33. The number of hydrogen-bond donors (Lipinski definition) is 1. The van der Waals surface area contributed by atoms with Crippen LogP contribution in [-0.4, -0.2) is 43.7 Å². The number of amides is 1. The molecular weight excluding hydrogens is 292 g/mol. The van der Waals surface area contributed by atoms with Crippen molar-refractivity contribution in [3.63, 3.8) is 0 Å². The molecule has 1 aliphatic rings. The molecule has 118 valence electrons. The number of ether oxygens (including phenoxy) is 2. The van der Waals surface area contributed by atoms with Crippen LogP contribution in [0.1, 0.15) is 13.3 Å². The summed E-state index contributed by atoms with van der Waals surface area (Å²) in [5, 5.41) is 0. The largest absolute Gasteiger partial charge is 0.490 e. The zero-order chi connectivity index (χ0) is 14.4. The molecule has 1 fully saturated rings. The molecule has 5 nitrogen and oxygen atoms in total. The van der Waals surface area contributed by atoms with E-state index in [-0.39, 0.29) is 24.9 Å². The van der Waals surface area contributed by atoms with E-state index in [1.807, 2.05) is 36.1 Å². The van der Waals surface area contributed by atoms with Crippen LogP contribution in [0, 0.1) is 5.92 Å². The summed E-state index contributed by atoms with van der Waals surface area (Å²) in [6.45, 7) is 4.68. The van der Waals surface area contributed by atoms with Crippen LogP contribution < -0.4 is 15.2 Å². The van der Waals surface area contributed by atoms with Gasteiger partial charge in [0.05, 0.1) is 6.61 Å². The molecular formula is C15H23ClN2O3. The first-order valence-electron chi connectivity index (χ1n) is 7.07. The molecule has 0 radical (unpaired) electrons. The van der Waals surface area contributed by atoms with Crippen molar-refractivity contribution in [1.29, 1.82) is 0 Å². The third kappa shape index (κ3) is 4.79. The summed E-state index contributed by atoms with van der Waals surface area (Å²) in [5.41, 5.74) is 5.63. The molecule has 1 aromatic rings. The van der Waals surface area contributed by atoms with E-state index in [0.717, 1.165) is 19.5 Å². The van der Waals surface area contributed by atoms with Crippen molar-refractivity contribution < 1.29 is 14.3 Å². The monoisotopic (exact) mass is 314 g/mol. The summed E-state index contributed by atoms with van der Waals surface area (Å²) in [6.07, 6.45) is 0.984. The maximum absolute atomic E-state index is 12.1. The first-order valence-corrected chi connectivity index (χ1v) is 7.07. The van der Waals surface area contributed by atoms with Gasteiger partial charge in [-0.3, -0.25) is 4.79 Å². The Morgan fingerprint density at radius 3 is 2.57 bits per heavy atom. The van der Waals surface area contributed by atoms with Gasteiger partial charge in [0.25, 0.3) is 5.91 Å². The van der Waals surface area contributed by atoms with E-state index in [1.54, 1.807) is 0 Å². The zero-order valence-corrected chi connectivity index (χ0v) is 13.1. The number of rotatable bonds is 6. The highest BCUT2D eigenvalue weighted by Crippen LogP contribution is 2.26. The van der Waals surface area contributed by atoms with Gasteiger partial charge in [-0.25, -0.2) is 0 Å². The summed E-state index contributed by atoms with van der Waals surface area (Å²) in [5.74, 6) is 1.71. The fourth-order valence-corrected chi connectivity index (χ4v) is 2.33. The van der Waals surface area contributed by atoms with E-state index >= 15 is 0 Å².